The second-order valence-corrected chi connectivity index (χ2v) is 3.60. The second-order valence-electron chi connectivity index (χ2n) is 3.60. The summed E-state index contributed by atoms with van der Waals surface area (Å²) in [6.45, 7) is 2.07. The van der Waals surface area contributed by atoms with Crippen LogP contribution in [0.1, 0.15) is 19.8 Å². The molecule has 0 fully saturated rings. The van der Waals surface area contributed by atoms with Crippen molar-refractivity contribution in [2.45, 2.75) is 25.9 Å². The maximum Gasteiger partial charge on any atom is 0.222 e. The quantitative estimate of drug-likeness (QED) is 0.556. The monoisotopic (exact) mass is 221 g/mol. The summed E-state index contributed by atoms with van der Waals surface area (Å²) in [7, 11) is 0. The molecule has 2 rings (SSSR count). The molecule has 2 heterocycles. The summed E-state index contributed by atoms with van der Waals surface area (Å²) in [5.74, 6) is 0.807. The first kappa shape index (κ1) is 10.6. The fourth-order valence-corrected chi connectivity index (χ4v) is 1.52. The third-order valence-electron chi connectivity index (χ3n) is 2.24. The van der Waals surface area contributed by atoms with Crippen molar-refractivity contribution in [1.29, 1.82) is 0 Å². The van der Waals surface area contributed by atoms with Gasteiger partial charge in [0.15, 0.2) is 5.82 Å². The van der Waals surface area contributed by atoms with E-state index < -0.39 is 0 Å². The zero-order valence-corrected chi connectivity index (χ0v) is 9.07. The molecule has 0 aromatic carbocycles. The number of aromatic amines is 1. The van der Waals surface area contributed by atoms with Gasteiger partial charge >= 0.3 is 0 Å². The van der Waals surface area contributed by atoms with Crippen molar-refractivity contribution in [2.75, 3.05) is 11.1 Å². The predicted molar refractivity (Wildman–Crippen MR) is 62.6 cm³/mol. The van der Waals surface area contributed by atoms with Crippen LogP contribution in [-0.2, 0) is 0 Å². The van der Waals surface area contributed by atoms with Gasteiger partial charge in [-0.3, -0.25) is 5.10 Å². The van der Waals surface area contributed by atoms with E-state index in [0.717, 1.165) is 18.4 Å². The number of nitrogens with zero attached hydrogens (tertiary/aromatic N) is 3. The largest absolute Gasteiger partial charge is 0.368 e. The lowest BCUT2D eigenvalue weighted by Crippen LogP contribution is -2.29. The van der Waals surface area contributed by atoms with Gasteiger partial charge in [0.05, 0.1) is 12.4 Å². The molecule has 0 amide bonds. The number of H-pyrrole nitrogens is 1. The van der Waals surface area contributed by atoms with Crippen molar-refractivity contribution in [3.05, 3.63) is 6.20 Å². The highest BCUT2D eigenvalue weighted by Gasteiger charge is 2.10. The van der Waals surface area contributed by atoms with E-state index in [1.165, 1.54) is 0 Å². The molecule has 0 aliphatic rings. The van der Waals surface area contributed by atoms with E-state index >= 15 is 0 Å². The standard InChI is InChI=1S/C9H15N7/c1-2-3-6(10)14-8-7-5(4-12-16-7)13-9(11)15-8/h4,6H,2-3,10H2,1H3,(H,12,16)(H3,11,13,14,15). The Hall–Kier alpha value is -1.89. The SMILES string of the molecule is CCCC(N)Nc1nc(N)nc2cn[nH]c12. The fourth-order valence-electron chi connectivity index (χ4n) is 1.52. The summed E-state index contributed by atoms with van der Waals surface area (Å²) in [4.78, 5) is 8.14. The van der Waals surface area contributed by atoms with Gasteiger partial charge in [0, 0.05) is 0 Å². The van der Waals surface area contributed by atoms with Crippen LogP contribution in [0.3, 0.4) is 0 Å². The molecule has 7 heteroatoms. The Labute approximate surface area is 92.6 Å². The average Bonchev–Trinajstić information content (AvgIpc) is 2.65. The lowest BCUT2D eigenvalue weighted by molar-refractivity contribution is 0.663. The van der Waals surface area contributed by atoms with Crippen LogP contribution >= 0.6 is 0 Å². The van der Waals surface area contributed by atoms with Gasteiger partial charge in [-0.2, -0.15) is 10.1 Å². The molecule has 6 N–H and O–H groups in total. The molecule has 1 atom stereocenters. The van der Waals surface area contributed by atoms with Crippen molar-refractivity contribution in [1.82, 2.24) is 20.2 Å². The molecule has 2 aromatic heterocycles. The van der Waals surface area contributed by atoms with Gasteiger partial charge in [0.25, 0.3) is 0 Å². The molecule has 0 radical (unpaired) electrons. The van der Waals surface area contributed by atoms with Gasteiger partial charge in [-0.15, -0.1) is 0 Å². The smallest absolute Gasteiger partial charge is 0.222 e. The Balaban J connectivity index is 2.31. The van der Waals surface area contributed by atoms with Gasteiger partial charge < -0.3 is 16.8 Å². The van der Waals surface area contributed by atoms with Gasteiger partial charge in [-0.05, 0) is 6.42 Å². The van der Waals surface area contributed by atoms with E-state index in [9.17, 15) is 0 Å². The first-order valence-electron chi connectivity index (χ1n) is 5.19. The Morgan fingerprint density at radius 1 is 1.50 bits per heavy atom. The Kier molecular flexibility index (Phi) is 2.86. The fraction of sp³-hybridized carbons (Fsp3) is 0.444. The first-order valence-corrected chi connectivity index (χ1v) is 5.19. The second kappa shape index (κ2) is 4.31. The van der Waals surface area contributed by atoms with E-state index in [4.69, 9.17) is 11.5 Å². The summed E-state index contributed by atoms with van der Waals surface area (Å²) < 4.78 is 0. The topological polar surface area (TPSA) is 119 Å². The van der Waals surface area contributed by atoms with Gasteiger partial charge in [0.1, 0.15) is 11.0 Å². The third-order valence-corrected chi connectivity index (χ3v) is 2.24. The van der Waals surface area contributed by atoms with Crippen molar-refractivity contribution < 1.29 is 0 Å². The Morgan fingerprint density at radius 3 is 3.06 bits per heavy atom. The highest BCUT2D eigenvalue weighted by molar-refractivity contribution is 5.85. The van der Waals surface area contributed by atoms with E-state index in [1.54, 1.807) is 6.20 Å². The molecule has 1 unspecified atom stereocenters. The maximum absolute atomic E-state index is 5.88. The predicted octanol–water partition coefficient (Wildman–Crippen LogP) is 0.432. The highest BCUT2D eigenvalue weighted by Crippen LogP contribution is 2.18. The Morgan fingerprint density at radius 2 is 2.31 bits per heavy atom. The van der Waals surface area contributed by atoms with Gasteiger partial charge in [-0.1, -0.05) is 13.3 Å². The number of anilines is 2. The van der Waals surface area contributed by atoms with E-state index in [-0.39, 0.29) is 12.1 Å². The van der Waals surface area contributed by atoms with Crippen molar-refractivity contribution in [3.8, 4) is 0 Å². The average molecular weight is 221 g/mol. The van der Waals surface area contributed by atoms with Crippen LogP contribution in [0.5, 0.6) is 0 Å². The normalized spacial score (nSPS) is 12.9. The molecular formula is C9H15N7. The van der Waals surface area contributed by atoms with E-state index in [0.29, 0.717) is 11.3 Å². The van der Waals surface area contributed by atoms with Crippen molar-refractivity contribution in [2.24, 2.45) is 5.73 Å². The zero-order valence-electron chi connectivity index (χ0n) is 9.07. The summed E-state index contributed by atoms with van der Waals surface area (Å²) in [5, 5.41) is 9.79. The van der Waals surface area contributed by atoms with E-state index in [1.807, 2.05) is 0 Å². The van der Waals surface area contributed by atoms with Crippen LogP contribution in [0, 0.1) is 0 Å². The number of fused-ring (bicyclic) bond motifs is 1. The molecule has 86 valence electrons. The van der Waals surface area contributed by atoms with Crippen LogP contribution in [0.25, 0.3) is 11.0 Å². The molecule has 0 bridgehead atoms. The Bertz CT molecular complexity index is 478. The first-order chi connectivity index (χ1) is 7.70. The zero-order chi connectivity index (χ0) is 11.5. The van der Waals surface area contributed by atoms with Crippen LogP contribution in [0.2, 0.25) is 0 Å². The molecule has 0 spiro atoms. The number of nitrogens with two attached hydrogens (primary N) is 2. The number of nitrogen functional groups attached to an aromatic ring is 1. The number of hydrogen-bond acceptors (Lipinski definition) is 6. The molecular weight excluding hydrogens is 206 g/mol. The van der Waals surface area contributed by atoms with Crippen molar-refractivity contribution in [3.63, 3.8) is 0 Å². The summed E-state index contributed by atoms with van der Waals surface area (Å²) in [6, 6.07) is 0. The lowest BCUT2D eigenvalue weighted by Gasteiger charge is -2.13. The number of aromatic nitrogens is 4. The molecule has 0 saturated heterocycles. The molecule has 2 aromatic rings. The van der Waals surface area contributed by atoms with Crippen molar-refractivity contribution >= 4 is 22.8 Å². The summed E-state index contributed by atoms with van der Waals surface area (Å²) >= 11 is 0. The minimum Gasteiger partial charge on any atom is -0.368 e. The van der Waals surface area contributed by atoms with Crippen LogP contribution < -0.4 is 16.8 Å². The van der Waals surface area contributed by atoms with Gasteiger partial charge in [-0.25, -0.2) is 4.98 Å². The van der Waals surface area contributed by atoms with Gasteiger partial charge in [0.2, 0.25) is 5.95 Å². The van der Waals surface area contributed by atoms with Crippen LogP contribution in [-0.4, -0.2) is 26.3 Å². The third kappa shape index (κ3) is 2.03. The molecule has 7 nitrogen and oxygen atoms in total. The molecule has 16 heavy (non-hydrogen) atoms. The number of hydrogen-bond donors (Lipinski definition) is 4. The van der Waals surface area contributed by atoms with Crippen LogP contribution in [0.15, 0.2) is 6.20 Å². The summed E-state index contributed by atoms with van der Waals surface area (Å²) in [6.07, 6.45) is 3.32. The number of nitrogens with one attached hydrogen (secondary N) is 2. The highest BCUT2D eigenvalue weighted by atomic mass is 15.2. The summed E-state index contributed by atoms with van der Waals surface area (Å²) in [5.41, 5.74) is 12.9. The van der Waals surface area contributed by atoms with Crippen LogP contribution in [0.4, 0.5) is 11.8 Å². The molecule has 0 aliphatic carbocycles. The minimum atomic E-state index is -0.147. The van der Waals surface area contributed by atoms with E-state index in [2.05, 4.69) is 32.4 Å². The lowest BCUT2D eigenvalue weighted by atomic mass is 10.3. The molecule has 0 saturated carbocycles. The maximum atomic E-state index is 5.88. The molecule has 0 aliphatic heterocycles. The number of rotatable bonds is 4. The minimum absolute atomic E-state index is 0.147.